The van der Waals surface area contributed by atoms with Crippen molar-refractivity contribution in [3.8, 4) is 5.75 Å². The van der Waals surface area contributed by atoms with Gasteiger partial charge in [-0.05, 0) is 32.8 Å². The molecule has 0 saturated carbocycles. The lowest BCUT2D eigenvalue weighted by Gasteiger charge is -2.14. The van der Waals surface area contributed by atoms with Crippen LogP contribution in [0.4, 0.5) is 0 Å². The van der Waals surface area contributed by atoms with E-state index in [1.807, 2.05) is 26.0 Å². The van der Waals surface area contributed by atoms with E-state index < -0.39 is 0 Å². The molecule has 0 spiro atoms. The minimum absolute atomic E-state index is 0.209. The number of aromatic hydroxyl groups is 1. The molecule has 2 nitrogen and oxygen atoms in total. The van der Waals surface area contributed by atoms with Gasteiger partial charge in [0.25, 0.3) is 0 Å². The zero-order chi connectivity index (χ0) is 20.2. The highest BCUT2D eigenvalue weighted by molar-refractivity contribution is 6.48. The molecule has 0 bridgehead atoms. The molecule has 0 saturated heterocycles. The molecule has 0 amide bonds. The molecule has 0 heterocycles. The molecule has 1 N–H and O–H groups in total. The van der Waals surface area contributed by atoms with Crippen LogP contribution in [0.3, 0.4) is 0 Å². The third-order valence-electron chi connectivity index (χ3n) is 4.42. The topological polar surface area (TPSA) is 29.5 Å². The number of fused-ring (bicyclic) bond motifs is 1. The van der Waals surface area contributed by atoms with Crippen molar-refractivity contribution in [1.82, 2.24) is 0 Å². The van der Waals surface area contributed by atoms with E-state index in [2.05, 4.69) is 6.92 Å². The summed E-state index contributed by atoms with van der Waals surface area (Å²) in [4.78, 5) is 0. The Morgan fingerprint density at radius 1 is 0.852 bits per heavy atom. The van der Waals surface area contributed by atoms with Crippen LogP contribution in [-0.2, 0) is 11.2 Å². The van der Waals surface area contributed by atoms with E-state index in [0.717, 1.165) is 38.0 Å². The summed E-state index contributed by atoms with van der Waals surface area (Å²) < 4.78 is 4.83. The first-order valence-corrected chi connectivity index (χ1v) is 11.0. The maximum atomic E-state index is 10.5. The second-order valence-electron chi connectivity index (χ2n) is 6.42. The molecule has 0 radical (unpaired) electrons. The van der Waals surface area contributed by atoms with Crippen molar-refractivity contribution < 1.29 is 9.84 Å². The standard InChI is InChI=1S/C18H21Cl3O.C4H10O/c1-2-3-4-5-6-7-9-13-16(20)17(21)15-12(18(13)22)10-8-11-14(15)19;1-3-5-4-2/h8,10-11,22H,2-7,9H2,1H3;3-4H2,1-2H3. The molecule has 27 heavy (non-hydrogen) atoms. The highest BCUT2D eigenvalue weighted by Gasteiger charge is 2.18. The summed E-state index contributed by atoms with van der Waals surface area (Å²) in [5.74, 6) is 0.209. The number of phenols is 1. The largest absolute Gasteiger partial charge is 0.507 e. The Bertz CT molecular complexity index is 700. The first-order chi connectivity index (χ1) is 13.0. The van der Waals surface area contributed by atoms with Crippen LogP contribution >= 0.6 is 34.8 Å². The van der Waals surface area contributed by atoms with Gasteiger partial charge in [-0.15, -0.1) is 0 Å². The van der Waals surface area contributed by atoms with E-state index in [1.54, 1.807) is 6.07 Å². The number of ether oxygens (including phenoxy) is 1. The first kappa shape index (κ1) is 24.4. The molecule has 0 atom stereocenters. The van der Waals surface area contributed by atoms with Crippen molar-refractivity contribution in [2.45, 2.75) is 65.7 Å². The number of hydrogen-bond acceptors (Lipinski definition) is 2. The average molecular weight is 434 g/mol. The Morgan fingerprint density at radius 2 is 1.48 bits per heavy atom. The van der Waals surface area contributed by atoms with Crippen molar-refractivity contribution in [3.63, 3.8) is 0 Å². The van der Waals surface area contributed by atoms with E-state index in [-0.39, 0.29) is 5.75 Å². The van der Waals surface area contributed by atoms with Gasteiger partial charge in [-0.2, -0.15) is 0 Å². The molecular weight excluding hydrogens is 403 g/mol. The predicted octanol–water partition coefficient (Wildman–Crippen LogP) is 8.45. The molecule has 2 aromatic rings. The number of phenolic OH excluding ortho intramolecular Hbond substituents is 1. The molecule has 152 valence electrons. The second-order valence-corrected chi connectivity index (χ2v) is 7.58. The number of unbranched alkanes of at least 4 members (excludes halogenated alkanes) is 5. The summed E-state index contributed by atoms with van der Waals surface area (Å²) in [6, 6.07) is 5.38. The minimum atomic E-state index is 0.209. The van der Waals surface area contributed by atoms with E-state index >= 15 is 0 Å². The van der Waals surface area contributed by atoms with Gasteiger partial charge in [0, 0.05) is 29.5 Å². The SMILES string of the molecule is CCCCCCCCc1c(Cl)c(Cl)c2c(Cl)cccc2c1O.CCOCC. The smallest absolute Gasteiger partial charge is 0.128 e. The maximum Gasteiger partial charge on any atom is 0.128 e. The molecule has 5 heteroatoms. The van der Waals surface area contributed by atoms with Crippen LogP contribution in [0.1, 0.15) is 64.9 Å². The molecular formula is C22H31Cl3O2. The van der Waals surface area contributed by atoms with Gasteiger partial charge in [-0.25, -0.2) is 0 Å². The fourth-order valence-electron chi connectivity index (χ4n) is 2.97. The summed E-state index contributed by atoms with van der Waals surface area (Å²) in [5, 5.41) is 13.2. The Morgan fingerprint density at radius 3 is 2.07 bits per heavy atom. The highest BCUT2D eigenvalue weighted by atomic mass is 35.5. The van der Waals surface area contributed by atoms with Crippen LogP contribution < -0.4 is 0 Å². The fraction of sp³-hybridized carbons (Fsp3) is 0.545. The zero-order valence-corrected chi connectivity index (χ0v) is 18.9. The third kappa shape index (κ3) is 7.34. The molecule has 0 unspecified atom stereocenters. The van der Waals surface area contributed by atoms with E-state index in [1.165, 1.54) is 25.7 Å². The second kappa shape index (κ2) is 13.5. The van der Waals surface area contributed by atoms with Crippen LogP contribution in [0.15, 0.2) is 18.2 Å². The summed E-state index contributed by atoms with van der Waals surface area (Å²) in [6.07, 6.45) is 7.89. The fourth-order valence-corrected chi connectivity index (χ4v) is 3.88. The van der Waals surface area contributed by atoms with Crippen molar-refractivity contribution in [2.75, 3.05) is 13.2 Å². The molecule has 0 aromatic heterocycles. The lowest BCUT2D eigenvalue weighted by molar-refractivity contribution is 0.162. The molecule has 0 aliphatic rings. The number of hydrogen-bond donors (Lipinski definition) is 1. The molecule has 0 aliphatic heterocycles. The average Bonchev–Trinajstić information content (AvgIpc) is 2.66. The summed E-state index contributed by atoms with van der Waals surface area (Å²) in [5.41, 5.74) is 0.733. The van der Waals surface area contributed by atoms with Gasteiger partial charge >= 0.3 is 0 Å². The maximum absolute atomic E-state index is 10.5. The van der Waals surface area contributed by atoms with Gasteiger partial charge in [0.2, 0.25) is 0 Å². The zero-order valence-electron chi connectivity index (χ0n) is 16.6. The van der Waals surface area contributed by atoms with E-state index in [0.29, 0.717) is 25.8 Å². The predicted molar refractivity (Wildman–Crippen MR) is 120 cm³/mol. The van der Waals surface area contributed by atoms with Gasteiger partial charge in [0.15, 0.2) is 0 Å². The third-order valence-corrected chi connectivity index (χ3v) is 5.63. The van der Waals surface area contributed by atoms with Crippen LogP contribution in [-0.4, -0.2) is 18.3 Å². The first-order valence-electron chi connectivity index (χ1n) is 9.84. The number of benzene rings is 2. The highest BCUT2D eigenvalue weighted by Crippen LogP contribution is 2.44. The van der Waals surface area contributed by atoms with Crippen LogP contribution in [0, 0.1) is 0 Å². The van der Waals surface area contributed by atoms with E-state index in [4.69, 9.17) is 39.5 Å². The Balaban J connectivity index is 0.000000646. The van der Waals surface area contributed by atoms with Crippen molar-refractivity contribution in [3.05, 3.63) is 38.8 Å². The van der Waals surface area contributed by atoms with Crippen LogP contribution in [0.2, 0.25) is 15.1 Å². The summed E-state index contributed by atoms with van der Waals surface area (Å²) in [6.45, 7) is 7.88. The summed E-state index contributed by atoms with van der Waals surface area (Å²) >= 11 is 18.9. The molecule has 0 fully saturated rings. The van der Waals surface area contributed by atoms with Gasteiger partial charge in [0.05, 0.1) is 15.1 Å². The van der Waals surface area contributed by atoms with Gasteiger partial charge in [-0.3, -0.25) is 0 Å². The quantitative estimate of drug-likeness (QED) is 0.402. The molecule has 0 aliphatic carbocycles. The number of halogens is 3. The normalized spacial score (nSPS) is 10.7. The lowest BCUT2D eigenvalue weighted by Crippen LogP contribution is -1.92. The Kier molecular flexibility index (Phi) is 12.2. The molecule has 2 rings (SSSR count). The lowest BCUT2D eigenvalue weighted by atomic mass is 10.00. The van der Waals surface area contributed by atoms with Crippen LogP contribution in [0.25, 0.3) is 10.8 Å². The Labute approximate surface area is 178 Å². The van der Waals surface area contributed by atoms with Gasteiger partial charge in [-0.1, -0.05) is 86.0 Å². The van der Waals surface area contributed by atoms with Crippen molar-refractivity contribution in [2.24, 2.45) is 0 Å². The van der Waals surface area contributed by atoms with Crippen molar-refractivity contribution in [1.29, 1.82) is 0 Å². The summed E-state index contributed by atoms with van der Waals surface area (Å²) in [7, 11) is 0. The monoisotopic (exact) mass is 432 g/mol. The number of rotatable bonds is 9. The van der Waals surface area contributed by atoms with Crippen LogP contribution in [0.5, 0.6) is 5.75 Å². The Hall–Kier alpha value is -0.670. The van der Waals surface area contributed by atoms with Gasteiger partial charge < -0.3 is 9.84 Å². The van der Waals surface area contributed by atoms with Crippen molar-refractivity contribution >= 4 is 45.6 Å². The van der Waals surface area contributed by atoms with E-state index in [9.17, 15) is 5.11 Å². The minimum Gasteiger partial charge on any atom is -0.507 e. The molecule has 2 aromatic carbocycles. The van der Waals surface area contributed by atoms with Gasteiger partial charge in [0.1, 0.15) is 5.75 Å².